The third-order valence-corrected chi connectivity index (χ3v) is 5.46. The molecule has 4 N–H and O–H groups in total. The molecule has 0 aromatic heterocycles. The Labute approximate surface area is 142 Å². The fourth-order valence-electron chi connectivity index (χ4n) is 2.40. The van der Waals surface area contributed by atoms with E-state index in [1.165, 1.54) is 0 Å². The van der Waals surface area contributed by atoms with E-state index in [4.69, 9.17) is 5.73 Å². The van der Waals surface area contributed by atoms with Gasteiger partial charge in [0.25, 0.3) is 0 Å². The molecule has 7 nitrogen and oxygen atoms in total. The molecule has 138 valence electrons. The molecule has 0 radical (unpaired) electrons. The number of rotatable bonds is 8. The van der Waals surface area contributed by atoms with Gasteiger partial charge in [-0.2, -0.15) is 0 Å². The van der Waals surface area contributed by atoms with Crippen LogP contribution < -0.4 is 15.2 Å². The molecule has 0 aliphatic rings. The zero-order chi connectivity index (χ0) is 18.8. The number of hydrogen-bond acceptors (Lipinski definition) is 5. The Morgan fingerprint density at radius 1 is 1.25 bits per heavy atom. The lowest BCUT2D eigenvalue weighted by Crippen LogP contribution is -2.52. The van der Waals surface area contributed by atoms with Crippen LogP contribution in [0.25, 0.3) is 0 Å². The third kappa shape index (κ3) is 6.00. The Hall–Kier alpha value is -1.23. The third-order valence-electron chi connectivity index (χ3n) is 3.24. The number of halogens is 1. The maximum atomic E-state index is 14.0. The highest BCUT2D eigenvalue weighted by molar-refractivity contribution is 7.92. The normalized spacial score (nSPS) is 15.3. The van der Waals surface area contributed by atoms with E-state index in [1.807, 2.05) is 18.6 Å². The number of nitrogens with two attached hydrogens (primary N) is 1. The van der Waals surface area contributed by atoms with Crippen molar-refractivity contribution >= 4 is 25.7 Å². The molecule has 0 saturated heterocycles. The molecule has 1 atom stereocenters. The molecule has 0 heterocycles. The lowest BCUT2D eigenvalue weighted by atomic mass is 9.92. The number of sulfonamides is 2. The second-order valence-electron chi connectivity index (χ2n) is 6.48. The van der Waals surface area contributed by atoms with Gasteiger partial charge in [0, 0.05) is 12.1 Å². The molecule has 24 heavy (non-hydrogen) atoms. The summed E-state index contributed by atoms with van der Waals surface area (Å²) in [5.74, 6) is -0.777. The summed E-state index contributed by atoms with van der Waals surface area (Å²) < 4.78 is 65.7. The molecular weight excluding hydrogens is 357 g/mol. The van der Waals surface area contributed by atoms with Crippen LogP contribution in [0.2, 0.25) is 0 Å². The first-order chi connectivity index (χ1) is 10.8. The zero-order valence-corrected chi connectivity index (χ0v) is 15.8. The summed E-state index contributed by atoms with van der Waals surface area (Å²) in [6, 6.07) is 2.96. The quantitative estimate of drug-likeness (QED) is 0.626. The first-order valence-electron chi connectivity index (χ1n) is 7.29. The van der Waals surface area contributed by atoms with Crippen LogP contribution in [0.1, 0.15) is 27.2 Å². The van der Waals surface area contributed by atoms with Crippen LogP contribution in [-0.4, -0.2) is 35.2 Å². The molecule has 10 heteroatoms. The molecule has 1 aromatic rings. The summed E-state index contributed by atoms with van der Waals surface area (Å²) in [4.78, 5) is -0.303. The van der Waals surface area contributed by atoms with Crippen LogP contribution >= 0.6 is 0 Å². The minimum Gasteiger partial charge on any atom is -0.329 e. The van der Waals surface area contributed by atoms with Crippen molar-refractivity contribution in [3.63, 3.8) is 0 Å². The van der Waals surface area contributed by atoms with Crippen molar-refractivity contribution in [1.82, 2.24) is 4.72 Å². The van der Waals surface area contributed by atoms with Crippen molar-refractivity contribution in [2.45, 2.75) is 37.6 Å². The van der Waals surface area contributed by atoms with Crippen LogP contribution in [0.3, 0.4) is 0 Å². The zero-order valence-electron chi connectivity index (χ0n) is 14.1. The van der Waals surface area contributed by atoms with Crippen molar-refractivity contribution in [1.29, 1.82) is 0 Å². The fraction of sp³-hybridized carbons (Fsp3) is 0.571. The molecule has 0 aliphatic carbocycles. The van der Waals surface area contributed by atoms with E-state index in [0.717, 1.165) is 24.5 Å². The van der Waals surface area contributed by atoms with Crippen LogP contribution in [0.15, 0.2) is 23.1 Å². The molecule has 0 spiro atoms. The highest BCUT2D eigenvalue weighted by Gasteiger charge is 2.30. The van der Waals surface area contributed by atoms with E-state index in [1.54, 1.807) is 6.92 Å². The van der Waals surface area contributed by atoms with E-state index < -0.39 is 31.4 Å². The molecule has 1 unspecified atom stereocenters. The Bertz CT molecular complexity index is 794. The highest BCUT2D eigenvalue weighted by Crippen LogP contribution is 2.23. The van der Waals surface area contributed by atoms with E-state index in [-0.39, 0.29) is 23.0 Å². The van der Waals surface area contributed by atoms with Crippen LogP contribution in [0, 0.1) is 11.7 Å². The van der Waals surface area contributed by atoms with Gasteiger partial charge in [-0.25, -0.2) is 25.9 Å². The van der Waals surface area contributed by atoms with Gasteiger partial charge in [-0.15, -0.1) is 0 Å². The van der Waals surface area contributed by atoms with Gasteiger partial charge < -0.3 is 5.73 Å². The van der Waals surface area contributed by atoms with E-state index >= 15 is 0 Å². The van der Waals surface area contributed by atoms with E-state index in [0.29, 0.717) is 6.42 Å². The molecule has 0 aliphatic heterocycles. The van der Waals surface area contributed by atoms with Crippen molar-refractivity contribution in [3.05, 3.63) is 24.0 Å². The van der Waals surface area contributed by atoms with E-state index in [2.05, 4.69) is 4.72 Å². The SMILES string of the molecule is CC(C)CC(C)(CN)NS(=O)(=O)c1ccc(NS(C)(=O)=O)c(F)c1. The van der Waals surface area contributed by atoms with Gasteiger partial charge >= 0.3 is 0 Å². The van der Waals surface area contributed by atoms with Gasteiger partial charge in [0.15, 0.2) is 0 Å². The molecule has 0 bridgehead atoms. The first kappa shape index (κ1) is 20.8. The summed E-state index contributed by atoms with van der Waals surface area (Å²) in [5, 5.41) is 0. The number of hydrogen-bond donors (Lipinski definition) is 3. The number of benzene rings is 1. The number of anilines is 1. The maximum absolute atomic E-state index is 14.0. The largest absolute Gasteiger partial charge is 0.329 e. The van der Waals surface area contributed by atoms with Crippen molar-refractivity contribution in [2.24, 2.45) is 11.7 Å². The minimum absolute atomic E-state index is 0.0839. The highest BCUT2D eigenvalue weighted by atomic mass is 32.2. The Morgan fingerprint density at radius 3 is 2.25 bits per heavy atom. The smallest absolute Gasteiger partial charge is 0.241 e. The minimum atomic E-state index is -4.01. The summed E-state index contributed by atoms with van der Waals surface area (Å²) in [7, 11) is -7.67. The van der Waals surface area contributed by atoms with E-state index in [9.17, 15) is 21.2 Å². The summed E-state index contributed by atoms with van der Waals surface area (Å²) in [5.41, 5.74) is 4.50. The van der Waals surface area contributed by atoms with Gasteiger partial charge in [-0.1, -0.05) is 13.8 Å². The van der Waals surface area contributed by atoms with Gasteiger partial charge in [0.1, 0.15) is 5.82 Å². The predicted octanol–water partition coefficient (Wildman–Crippen LogP) is 1.24. The van der Waals surface area contributed by atoms with Gasteiger partial charge in [-0.05, 0) is 37.5 Å². The summed E-state index contributed by atoms with van der Waals surface area (Å²) in [6.45, 7) is 5.64. The summed E-state index contributed by atoms with van der Waals surface area (Å²) >= 11 is 0. The monoisotopic (exact) mass is 381 g/mol. The lowest BCUT2D eigenvalue weighted by molar-refractivity contribution is 0.344. The molecule has 1 rings (SSSR count). The fourth-order valence-corrected chi connectivity index (χ4v) is 4.40. The topological polar surface area (TPSA) is 118 Å². The van der Waals surface area contributed by atoms with Crippen LogP contribution in [0.4, 0.5) is 10.1 Å². The van der Waals surface area contributed by atoms with Gasteiger partial charge in [-0.3, -0.25) is 4.72 Å². The molecule has 0 saturated carbocycles. The molecular formula is C14H24FN3O4S2. The lowest BCUT2D eigenvalue weighted by Gasteiger charge is -2.30. The van der Waals surface area contributed by atoms with Crippen molar-refractivity contribution in [3.8, 4) is 0 Å². The number of nitrogens with one attached hydrogen (secondary N) is 2. The van der Waals surface area contributed by atoms with Gasteiger partial charge in [0.05, 0.1) is 16.8 Å². The van der Waals surface area contributed by atoms with Crippen LogP contribution in [0.5, 0.6) is 0 Å². The molecule has 0 fully saturated rings. The predicted molar refractivity (Wildman–Crippen MR) is 92.1 cm³/mol. The average molecular weight is 381 g/mol. The Morgan fingerprint density at radius 2 is 1.83 bits per heavy atom. The average Bonchev–Trinajstić information content (AvgIpc) is 2.38. The Kier molecular flexibility index (Phi) is 6.37. The second-order valence-corrected chi connectivity index (χ2v) is 9.91. The molecule has 1 aromatic carbocycles. The second kappa shape index (κ2) is 7.34. The first-order valence-corrected chi connectivity index (χ1v) is 10.7. The molecule has 0 amide bonds. The van der Waals surface area contributed by atoms with Crippen molar-refractivity contribution < 1.29 is 21.2 Å². The summed E-state index contributed by atoms with van der Waals surface area (Å²) in [6.07, 6.45) is 1.39. The van der Waals surface area contributed by atoms with Crippen molar-refractivity contribution in [2.75, 3.05) is 17.5 Å². The van der Waals surface area contributed by atoms with Crippen LogP contribution in [-0.2, 0) is 20.0 Å². The Balaban J connectivity index is 3.13. The standard InChI is InChI=1S/C14H24FN3O4S2/c1-10(2)8-14(3,9-16)18-24(21,22)11-5-6-13(12(15)7-11)17-23(4,19)20/h5-7,10,17-18H,8-9,16H2,1-4H3. The van der Waals surface area contributed by atoms with Gasteiger partial charge in [0.2, 0.25) is 20.0 Å². The maximum Gasteiger partial charge on any atom is 0.241 e.